The number of likely N-dealkylation sites (tertiary alicyclic amines) is 1. The summed E-state index contributed by atoms with van der Waals surface area (Å²) >= 11 is 6.29. The van der Waals surface area contributed by atoms with E-state index in [4.69, 9.17) is 11.6 Å². The van der Waals surface area contributed by atoms with Crippen LogP contribution in [0.2, 0.25) is 5.02 Å². The van der Waals surface area contributed by atoms with E-state index in [1.165, 1.54) is 4.68 Å². The van der Waals surface area contributed by atoms with Crippen molar-refractivity contribution in [1.29, 1.82) is 0 Å². The molecule has 0 spiro atoms. The number of imide groups is 2. The van der Waals surface area contributed by atoms with Crippen molar-refractivity contribution < 1.29 is 24.0 Å². The Hall–Kier alpha value is -5.08. The molecule has 1 unspecified atom stereocenters. The van der Waals surface area contributed by atoms with E-state index >= 15 is 0 Å². The summed E-state index contributed by atoms with van der Waals surface area (Å²) in [6, 6.07) is 11.9. The van der Waals surface area contributed by atoms with Crippen LogP contribution in [0.25, 0.3) is 0 Å². The Morgan fingerprint density at radius 3 is 2.36 bits per heavy atom. The molecule has 260 valence electrons. The van der Waals surface area contributed by atoms with Crippen LogP contribution < -0.4 is 21.1 Å². The van der Waals surface area contributed by atoms with Crippen LogP contribution in [0.3, 0.4) is 0 Å². The van der Waals surface area contributed by atoms with E-state index < -0.39 is 29.7 Å². The van der Waals surface area contributed by atoms with Crippen LogP contribution in [0, 0.1) is 0 Å². The van der Waals surface area contributed by atoms with E-state index in [9.17, 15) is 28.8 Å². The molecule has 4 aliphatic rings. The molecule has 3 saturated heterocycles. The molecule has 4 aliphatic heterocycles. The van der Waals surface area contributed by atoms with Gasteiger partial charge in [0.2, 0.25) is 11.8 Å². The summed E-state index contributed by atoms with van der Waals surface area (Å²) < 4.78 is 1.20. The fourth-order valence-electron chi connectivity index (χ4n) is 7.40. The number of nitrogens with one attached hydrogen (secondary N) is 2. The highest BCUT2D eigenvalue weighted by molar-refractivity contribution is 6.33. The molecule has 1 aromatic heterocycles. The number of likely N-dealkylation sites (N-methyl/N-ethyl adjacent to an activating group) is 1. The lowest BCUT2D eigenvalue weighted by Crippen LogP contribution is -2.54. The number of aryl methyl sites for hydroxylation is 1. The second-order valence-electron chi connectivity index (χ2n) is 13.4. The van der Waals surface area contributed by atoms with Crippen molar-refractivity contribution in [2.75, 3.05) is 56.5 Å². The van der Waals surface area contributed by atoms with Crippen LogP contribution in [0.1, 0.15) is 61.8 Å². The summed E-state index contributed by atoms with van der Waals surface area (Å²) in [6.07, 6.45) is 2.56. The van der Waals surface area contributed by atoms with Crippen LogP contribution in [0.4, 0.5) is 11.4 Å². The van der Waals surface area contributed by atoms with Crippen molar-refractivity contribution in [3.63, 3.8) is 0 Å². The minimum absolute atomic E-state index is 0.0521. The maximum Gasteiger partial charge on any atom is 0.287 e. The first-order chi connectivity index (χ1) is 24.0. The third-order valence-corrected chi connectivity index (χ3v) is 10.4. The fraction of sp³-hybridized carbons (Fsp3) is 0.400. The molecule has 14 nitrogen and oxygen atoms in total. The van der Waals surface area contributed by atoms with Gasteiger partial charge in [-0.1, -0.05) is 23.7 Å². The molecule has 50 heavy (non-hydrogen) atoms. The zero-order valence-corrected chi connectivity index (χ0v) is 28.5. The summed E-state index contributed by atoms with van der Waals surface area (Å²) in [6.45, 7) is 3.68. The Morgan fingerprint density at radius 1 is 0.920 bits per heavy atom. The Kier molecular flexibility index (Phi) is 8.91. The average Bonchev–Trinajstić information content (AvgIpc) is 3.36. The highest BCUT2D eigenvalue weighted by Gasteiger charge is 2.45. The first-order valence-corrected chi connectivity index (χ1v) is 17.0. The Bertz CT molecular complexity index is 1960. The molecular formula is C35H37ClN8O6. The number of hydrogen-bond donors (Lipinski definition) is 2. The van der Waals surface area contributed by atoms with Gasteiger partial charge < -0.3 is 20.0 Å². The van der Waals surface area contributed by atoms with Gasteiger partial charge in [-0.2, -0.15) is 5.10 Å². The van der Waals surface area contributed by atoms with Crippen LogP contribution in [-0.2, 0) is 16.6 Å². The largest absolute Gasteiger partial charge is 0.378 e. The minimum atomic E-state index is -1.01. The van der Waals surface area contributed by atoms with E-state index in [1.807, 2.05) is 29.2 Å². The van der Waals surface area contributed by atoms with Gasteiger partial charge in [0.05, 0.1) is 23.0 Å². The van der Waals surface area contributed by atoms with E-state index in [-0.39, 0.29) is 52.4 Å². The van der Waals surface area contributed by atoms with E-state index in [1.54, 1.807) is 31.4 Å². The van der Waals surface area contributed by atoms with E-state index in [2.05, 4.69) is 32.6 Å². The van der Waals surface area contributed by atoms with Gasteiger partial charge in [-0.05, 0) is 61.7 Å². The number of nitrogens with zero attached hydrogens (tertiary/aromatic N) is 6. The molecule has 5 heterocycles. The van der Waals surface area contributed by atoms with Crippen molar-refractivity contribution in [3.8, 4) is 0 Å². The number of hydrogen-bond acceptors (Lipinski definition) is 10. The number of carbonyl (C=O) groups excluding carboxylic acids is 5. The summed E-state index contributed by atoms with van der Waals surface area (Å²) in [7, 11) is 3.61. The van der Waals surface area contributed by atoms with Crippen molar-refractivity contribution in [1.82, 2.24) is 29.8 Å². The number of benzene rings is 2. The van der Waals surface area contributed by atoms with Gasteiger partial charge in [-0.3, -0.25) is 39.0 Å². The molecule has 0 saturated carbocycles. The lowest BCUT2D eigenvalue weighted by atomic mass is 9.87. The molecule has 3 aromatic rings. The molecule has 5 amide bonds. The van der Waals surface area contributed by atoms with Gasteiger partial charge in [-0.25, -0.2) is 4.68 Å². The standard InChI is InChI=1S/C35H37ClN8O6/c1-40-18-22(15-23(19-40)38-27-17-37-41(2)35(50)30(27)36)20-3-5-21(6-4-20)32(47)43-13-11-42(12-14-43)24-7-8-25-26(16-24)34(49)44(33(25)48)28-9-10-29(45)39-31(28)46/h3-8,16-17,22-23,28,38H,9-15,18-19H2,1-2H3,(H,39,45,46)/t22-,23+,28?/m1/s1. The molecule has 0 bridgehead atoms. The maximum atomic E-state index is 13.5. The summed E-state index contributed by atoms with van der Waals surface area (Å²) in [5.41, 5.74) is 3.12. The first kappa shape index (κ1) is 33.4. The number of halogens is 1. The second kappa shape index (κ2) is 13.3. The van der Waals surface area contributed by atoms with E-state index in [0.29, 0.717) is 37.4 Å². The zero-order valence-electron chi connectivity index (χ0n) is 27.7. The van der Waals surface area contributed by atoms with Gasteiger partial charge in [0.1, 0.15) is 11.1 Å². The van der Waals surface area contributed by atoms with Crippen LogP contribution in [0.5, 0.6) is 0 Å². The van der Waals surface area contributed by atoms with E-state index in [0.717, 1.165) is 35.7 Å². The molecule has 2 aromatic carbocycles. The second-order valence-corrected chi connectivity index (χ2v) is 13.8. The molecule has 0 aliphatic carbocycles. The molecule has 0 radical (unpaired) electrons. The summed E-state index contributed by atoms with van der Waals surface area (Å²) in [4.78, 5) is 83.1. The van der Waals surface area contributed by atoms with Gasteiger partial charge in [0, 0.05) is 70.0 Å². The number of anilines is 2. The number of fused-ring (bicyclic) bond motifs is 1. The van der Waals surface area contributed by atoms with Crippen molar-refractivity contribution in [2.45, 2.75) is 37.3 Å². The monoisotopic (exact) mass is 700 g/mol. The quantitative estimate of drug-likeness (QED) is 0.363. The van der Waals surface area contributed by atoms with Crippen molar-refractivity contribution in [2.24, 2.45) is 7.05 Å². The highest BCUT2D eigenvalue weighted by Crippen LogP contribution is 2.32. The number of rotatable bonds is 6. The number of amides is 5. The third-order valence-electron chi connectivity index (χ3n) is 10.1. The normalized spacial score (nSPS) is 22.9. The number of aromatic nitrogens is 2. The number of piperidine rings is 2. The van der Waals surface area contributed by atoms with Crippen LogP contribution in [0.15, 0.2) is 53.5 Å². The average molecular weight is 701 g/mol. The molecule has 7 rings (SSSR count). The van der Waals surface area contributed by atoms with Gasteiger partial charge in [-0.15, -0.1) is 0 Å². The predicted molar refractivity (Wildman–Crippen MR) is 184 cm³/mol. The smallest absolute Gasteiger partial charge is 0.287 e. The Balaban J connectivity index is 0.960. The lowest BCUT2D eigenvalue weighted by molar-refractivity contribution is -0.136. The molecule has 15 heteroatoms. The molecule has 2 N–H and O–H groups in total. The summed E-state index contributed by atoms with van der Waals surface area (Å²) in [5, 5.41) is 9.81. The molecule has 3 atom stereocenters. The zero-order chi connectivity index (χ0) is 35.3. The predicted octanol–water partition coefficient (Wildman–Crippen LogP) is 1.70. The van der Waals surface area contributed by atoms with Gasteiger partial charge in [0.15, 0.2) is 0 Å². The van der Waals surface area contributed by atoms with Crippen LogP contribution >= 0.6 is 11.6 Å². The highest BCUT2D eigenvalue weighted by atomic mass is 35.5. The fourth-order valence-corrected chi connectivity index (χ4v) is 7.63. The van der Waals surface area contributed by atoms with Gasteiger partial charge in [0.25, 0.3) is 23.3 Å². The maximum absolute atomic E-state index is 13.5. The lowest BCUT2D eigenvalue weighted by Gasteiger charge is -2.37. The molecule has 3 fully saturated rings. The van der Waals surface area contributed by atoms with Crippen molar-refractivity contribution >= 4 is 52.5 Å². The summed E-state index contributed by atoms with van der Waals surface area (Å²) in [5.74, 6) is -1.99. The molecular weight excluding hydrogens is 664 g/mol. The minimum Gasteiger partial charge on any atom is -0.378 e. The third kappa shape index (κ3) is 6.24. The SMILES string of the molecule is CN1C[C@@H](Nc2cnn(C)c(=O)c2Cl)C[C@@H](c2ccc(C(=O)N3CCN(c4ccc5c(c4)C(=O)N(C4CCC(=O)NC4=O)C5=O)CC3)cc2)C1. The number of piperazine rings is 1. The topological polar surface area (TPSA) is 157 Å². The number of carbonyl (C=O) groups is 5. The van der Waals surface area contributed by atoms with Gasteiger partial charge >= 0.3 is 0 Å². The van der Waals surface area contributed by atoms with Crippen LogP contribution in [-0.4, -0.2) is 112 Å². The first-order valence-electron chi connectivity index (χ1n) is 16.6. The van der Waals surface area contributed by atoms with Crippen molar-refractivity contribution in [3.05, 3.63) is 86.3 Å². The Morgan fingerprint density at radius 2 is 1.64 bits per heavy atom. The Labute approximate surface area is 292 Å².